The summed E-state index contributed by atoms with van der Waals surface area (Å²) in [6.07, 6.45) is -0.101. The Labute approximate surface area is 164 Å². The highest BCUT2D eigenvalue weighted by atomic mass is 16.5. The first-order chi connectivity index (χ1) is 13.4. The summed E-state index contributed by atoms with van der Waals surface area (Å²) >= 11 is 0. The van der Waals surface area contributed by atoms with E-state index < -0.39 is 5.97 Å². The average Bonchev–Trinajstić information content (AvgIpc) is 2.96. The lowest BCUT2D eigenvalue weighted by atomic mass is 9.94. The third-order valence-electron chi connectivity index (χ3n) is 4.68. The summed E-state index contributed by atoms with van der Waals surface area (Å²) in [6, 6.07) is 10.9. The zero-order chi connectivity index (χ0) is 20.3. The standard InChI is InChI=1S/C20H23BN2O5/c1-22-7-8-23(20(22)26)12-14-11-15(21)4-6-16(14)28-18-9-13(10-19(24)25)3-5-17(18)27-2/h3-6,9,11H,7-8,10,12,21H2,1-2H3,(H,24,25). The number of urea groups is 1. The van der Waals surface area contributed by atoms with E-state index in [1.54, 1.807) is 35.0 Å². The first-order valence-corrected chi connectivity index (χ1v) is 9.03. The third-order valence-corrected chi connectivity index (χ3v) is 4.68. The number of hydrogen-bond donors (Lipinski definition) is 1. The maximum Gasteiger partial charge on any atom is 0.320 e. The number of carboxylic acids is 1. The van der Waals surface area contributed by atoms with Crippen molar-refractivity contribution < 1.29 is 24.2 Å². The quantitative estimate of drug-likeness (QED) is 0.729. The second kappa shape index (κ2) is 8.25. The number of methoxy groups -OCH3 is 1. The first kappa shape index (κ1) is 19.6. The number of benzene rings is 2. The molecule has 0 saturated carbocycles. The largest absolute Gasteiger partial charge is 0.493 e. The van der Waals surface area contributed by atoms with Crippen LogP contribution in [0.4, 0.5) is 4.79 Å². The number of nitrogens with zero attached hydrogens (tertiary/aromatic N) is 2. The minimum atomic E-state index is -0.913. The maximum absolute atomic E-state index is 12.2. The van der Waals surface area contributed by atoms with Crippen LogP contribution >= 0.6 is 0 Å². The Hall–Kier alpha value is -3.16. The summed E-state index contributed by atoms with van der Waals surface area (Å²) < 4.78 is 11.5. The van der Waals surface area contributed by atoms with Crippen LogP contribution in [0.5, 0.6) is 17.2 Å². The van der Waals surface area contributed by atoms with Gasteiger partial charge in [0.25, 0.3) is 0 Å². The molecule has 1 fully saturated rings. The van der Waals surface area contributed by atoms with Gasteiger partial charge in [-0.15, -0.1) is 0 Å². The number of carbonyl (C=O) groups excluding carboxylic acids is 1. The molecule has 0 atom stereocenters. The molecule has 0 bridgehead atoms. The normalized spacial score (nSPS) is 13.7. The fourth-order valence-electron chi connectivity index (χ4n) is 3.19. The second-order valence-corrected chi connectivity index (χ2v) is 6.89. The van der Waals surface area contributed by atoms with Crippen molar-refractivity contribution in [1.82, 2.24) is 9.80 Å². The molecule has 2 aromatic carbocycles. The molecule has 28 heavy (non-hydrogen) atoms. The van der Waals surface area contributed by atoms with Crippen molar-refractivity contribution in [2.24, 2.45) is 0 Å². The average molecular weight is 382 g/mol. The van der Waals surface area contributed by atoms with Gasteiger partial charge in [0.1, 0.15) is 13.6 Å². The van der Waals surface area contributed by atoms with Crippen molar-refractivity contribution in [3.63, 3.8) is 0 Å². The fourth-order valence-corrected chi connectivity index (χ4v) is 3.19. The van der Waals surface area contributed by atoms with E-state index in [-0.39, 0.29) is 12.5 Å². The molecular formula is C20H23BN2O5. The topological polar surface area (TPSA) is 79.3 Å². The monoisotopic (exact) mass is 382 g/mol. The molecule has 0 radical (unpaired) electrons. The van der Waals surface area contributed by atoms with Crippen LogP contribution in [0.1, 0.15) is 11.1 Å². The summed E-state index contributed by atoms with van der Waals surface area (Å²) in [4.78, 5) is 26.7. The molecule has 3 rings (SSSR count). The predicted molar refractivity (Wildman–Crippen MR) is 107 cm³/mol. The van der Waals surface area contributed by atoms with E-state index in [9.17, 15) is 9.59 Å². The summed E-state index contributed by atoms with van der Waals surface area (Å²) in [6.45, 7) is 1.81. The number of amides is 2. The van der Waals surface area contributed by atoms with Gasteiger partial charge < -0.3 is 24.4 Å². The van der Waals surface area contributed by atoms with Crippen molar-refractivity contribution in [3.05, 3.63) is 47.5 Å². The molecule has 146 valence electrons. The van der Waals surface area contributed by atoms with E-state index in [4.69, 9.17) is 14.6 Å². The van der Waals surface area contributed by atoms with Crippen molar-refractivity contribution in [2.75, 3.05) is 27.2 Å². The van der Waals surface area contributed by atoms with Gasteiger partial charge >= 0.3 is 12.0 Å². The Kier molecular flexibility index (Phi) is 5.77. The lowest BCUT2D eigenvalue weighted by molar-refractivity contribution is -0.136. The molecule has 1 heterocycles. The number of likely N-dealkylation sites (N-methyl/N-ethyl adjacent to an activating group) is 1. The Bertz CT molecular complexity index is 902. The predicted octanol–water partition coefficient (Wildman–Crippen LogP) is 1.24. The number of hydrogen-bond acceptors (Lipinski definition) is 4. The highest BCUT2D eigenvalue weighted by molar-refractivity contribution is 6.32. The van der Waals surface area contributed by atoms with E-state index in [0.29, 0.717) is 42.4 Å². The Balaban J connectivity index is 1.90. The maximum atomic E-state index is 12.2. The van der Waals surface area contributed by atoms with E-state index in [2.05, 4.69) is 0 Å². The summed E-state index contributed by atoms with van der Waals surface area (Å²) in [5.74, 6) is 0.649. The summed E-state index contributed by atoms with van der Waals surface area (Å²) in [5, 5.41) is 9.04. The van der Waals surface area contributed by atoms with Gasteiger partial charge in [0.2, 0.25) is 0 Å². The molecule has 0 unspecified atom stereocenters. The van der Waals surface area contributed by atoms with Gasteiger partial charge in [-0.1, -0.05) is 23.7 Å². The molecule has 0 aromatic heterocycles. The number of aliphatic carboxylic acids is 1. The van der Waals surface area contributed by atoms with Crippen LogP contribution in [0.3, 0.4) is 0 Å². The molecule has 1 saturated heterocycles. The van der Waals surface area contributed by atoms with E-state index >= 15 is 0 Å². The second-order valence-electron chi connectivity index (χ2n) is 6.89. The minimum Gasteiger partial charge on any atom is -0.493 e. The Morgan fingerprint density at radius 3 is 2.54 bits per heavy atom. The van der Waals surface area contributed by atoms with Crippen LogP contribution < -0.4 is 14.9 Å². The van der Waals surface area contributed by atoms with Gasteiger partial charge in [-0.3, -0.25) is 4.79 Å². The van der Waals surface area contributed by atoms with Crippen molar-refractivity contribution in [3.8, 4) is 17.2 Å². The zero-order valence-corrected chi connectivity index (χ0v) is 16.3. The fraction of sp³-hybridized carbons (Fsp3) is 0.300. The summed E-state index contributed by atoms with van der Waals surface area (Å²) in [7, 11) is 5.31. The lowest BCUT2D eigenvalue weighted by Gasteiger charge is -2.20. The lowest BCUT2D eigenvalue weighted by Crippen LogP contribution is -2.29. The summed E-state index contributed by atoms with van der Waals surface area (Å²) in [5.41, 5.74) is 2.57. The van der Waals surface area contributed by atoms with E-state index in [1.165, 1.54) is 7.11 Å². The minimum absolute atomic E-state index is 0.00603. The van der Waals surface area contributed by atoms with Gasteiger partial charge in [0.05, 0.1) is 20.1 Å². The number of carbonyl (C=O) groups is 2. The highest BCUT2D eigenvalue weighted by Crippen LogP contribution is 2.34. The zero-order valence-electron chi connectivity index (χ0n) is 16.3. The SMILES string of the molecule is Bc1ccc(Oc2cc(CC(=O)O)ccc2OC)c(CN2CCN(C)C2=O)c1. The third kappa shape index (κ3) is 4.39. The number of carboxylic acid groups (broad SMARTS) is 1. The van der Waals surface area contributed by atoms with Crippen molar-refractivity contribution in [1.29, 1.82) is 0 Å². The Morgan fingerprint density at radius 1 is 1.14 bits per heavy atom. The molecule has 0 spiro atoms. The van der Waals surface area contributed by atoms with Crippen LogP contribution in [0.25, 0.3) is 0 Å². The molecule has 7 nitrogen and oxygen atoms in total. The Morgan fingerprint density at radius 2 is 1.89 bits per heavy atom. The van der Waals surface area contributed by atoms with Crippen molar-refractivity contribution >= 4 is 25.3 Å². The molecular weight excluding hydrogens is 359 g/mol. The van der Waals surface area contributed by atoms with Gasteiger partial charge in [-0.05, 0) is 23.8 Å². The van der Waals surface area contributed by atoms with Gasteiger partial charge in [0, 0.05) is 25.7 Å². The molecule has 1 aliphatic rings. The van der Waals surface area contributed by atoms with Crippen LogP contribution in [0.2, 0.25) is 0 Å². The molecule has 2 amide bonds. The van der Waals surface area contributed by atoms with Crippen LogP contribution in [0, 0.1) is 0 Å². The van der Waals surface area contributed by atoms with Crippen LogP contribution in [-0.4, -0.2) is 62.0 Å². The van der Waals surface area contributed by atoms with E-state index in [1.807, 2.05) is 26.0 Å². The number of ether oxygens (including phenoxy) is 2. The van der Waals surface area contributed by atoms with E-state index in [0.717, 1.165) is 11.0 Å². The van der Waals surface area contributed by atoms with Crippen LogP contribution in [-0.2, 0) is 17.8 Å². The van der Waals surface area contributed by atoms with Gasteiger partial charge in [-0.25, -0.2) is 4.79 Å². The molecule has 1 N–H and O–H groups in total. The molecule has 1 aliphatic heterocycles. The molecule has 8 heteroatoms. The van der Waals surface area contributed by atoms with Gasteiger partial charge in [0.15, 0.2) is 11.5 Å². The van der Waals surface area contributed by atoms with Crippen LogP contribution in [0.15, 0.2) is 36.4 Å². The van der Waals surface area contributed by atoms with Gasteiger partial charge in [-0.2, -0.15) is 0 Å². The molecule has 2 aromatic rings. The molecule has 0 aliphatic carbocycles. The number of rotatable bonds is 7. The smallest absolute Gasteiger partial charge is 0.320 e. The highest BCUT2D eigenvalue weighted by Gasteiger charge is 2.26. The first-order valence-electron chi connectivity index (χ1n) is 9.03. The van der Waals surface area contributed by atoms with Crippen molar-refractivity contribution in [2.45, 2.75) is 13.0 Å².